The predicted molar refractivity (Wildman–Crippen MR) is 153 cm³/mol. The summed E-state index contributed by atoms with van der Waals surface area (Å²) in [5.74, 6) is 1.34. The van der Waals surface area contributed by atoms with Crippen molar-refractivity contribution < 1.29 is 9.53 Å². The summed E-state index contributed by atoms with van der Waals surface area (Å²) in [6.45, 7) is 6.55. The molecular weight excluding hydrogens is 550 g/mol. The molecule has 0 saturated carbocycles. The van der Waals surface area contributed by atoms with Crippen LogP contribution in [0, 0.1) is 0 Å². The van der Waals surface area contributed by atoms with Gasteiger partial charge in [0.15, 0.2) is 11.0 Å². The number of nitrogens with zero attached hydrogens (tertiary/aromatic N) is 4. The summed E-state index contributed by atoms with van der Waals surface area (Å²) in [7, 11) is 1.63. The fraction of sp³-hybridized carbons (Fsp3) is 0.214. The maximum absolute atomic E-state index is 12.5. The van der Waals surface area contributed by atoms with Crippen molar-refractivity contribution in [1.29, 1.82) is 0 Å². The fourth-order valence-electron chi connectivity index (χ4n) is 3.55. The maximum atomic E-state index is 12.5. The number of hydrazone groups is 1. The molecule has 1 amide bonds. The number of hydrogen-bond acceptors (Lipinski definition) is 6. The molecule has 1 N–H and O–H groups in total. The Labute approximate surface area is 229 Å². The third-order valence-electron chi connectivity index (χ3n) is 5.60. The number of ether oxygens (including phenoxy) is 1. The molecule has 0 spiro atoms. The van der Waals surface area contributed by atoms with E-state index >= 15 is 0 Å². The topological polar surface area (TPSA) is 81.4 Å². The van der Waals surface area contributed by atoms with Crippen LogP contribution >= 0.6 is 27.7 Å². The minimum Gasteiger partial charge on any atom is -0.497 e. The lowest BCUT2D eigenvalue weighted by molar-refractivity contribution is -0.118. The quantitative estimate of drug-likeness (QED) is 0.152. The molecule has 190 valence electrons. The third-order valence-corrected chi connectivity index (χ3v) is 7.25. The van der Waals surface area contributed by atoms with Crippen molar-refractivity contribution in [2.45, 2.75) is 31.3 Å². The highest BCUT2D eigenvalue weighted by Gasteiger charge is 2.19. The highest BCUT2D eigenvalue weighted by molar-refractivity contribution is 9.10. The van der Waals surface area contributed by atoms with Crippen LogP contribution in [0.25, 0.3) is 17.1 Å². The van der Waals surface area contributed by atoms with Crippen LogP contribution in [0.1, 0.15) is 31.9 Å². The lowest BCUT2D eigenvalue weighted by atomic mass is 9.87. The molecule has 0 unspecified atom stereocenters. The molecular formula is C28H28BrN5O2S. The molecule has 7 nitrogen and oxygen atoms in total. The molecule has 3 aromatic carbocycles. The summed E-state index contributed by atoms with van der Waals surface area (Å²) in [5.41, 5.74) is 6.54. The summed E-state index contributed by atoms with van der Waals surface area (Å²) in [4.78, 5) is 12.5. The van der Waals surface area contributed by atoms with Gasteiger partial charge in [0.25, 0.3) is 5.91 Å². The minimum absolute atomic E-state index is 0.0512. The Morgan fingerprint density at radius 1 is 1.05 bits per heavy atom. The number of aromatic nitrogens is 3. The number of nitrogens with one attached hydrogen (secondary N) is 1. The molecule has 0 aliphatic carbocycles. The van der Waals surface area contributed by atoms with Gasteiger partial charge in [0.1, 0.15) is 5.75 Å². The Morgan fingerprint density at radius 3 is 2.41 bits per heavy atom. The number of benzene rings is 3. The summed E-state index contributed by atoms with van der Waals surface area (Å²) >= 11 is 4.76. The van der Waals surface area contributed by atoms with E-state index in [1.807, 2.05) is 53.1 Å². The third kappa shape index (κ3) is 6.67. The monoisotopic (exact) mass is 577 g/mol. The fourth-order valence-corrected chi connectivity index (χ4v) is 4.68. The summed E-state index contributed by atoms with van der Waals surface area (Å²) < 4.78 is 8.17. The van der Waals surface area contributed by atoms with E-state index in [-0.39, 0.29) is 17.1 Å². The second kappa shape index (κ2) is 11.7. The van der Waals surface area contributed by atoms with Gasteiger partial charge in [-0.3, -0.25) is 9.36 Å². The van der Waals surface area contributed by atoms with Crippen LogP contribution in [0.3, 0.4) is 0 Å². The number of methoxy groups -OCH3 is 1. The van der Waals surface area contributed by atoms with Crippen LogP contribution in [0.2, 0.25) is 0 Å². The van der Waals surface area contributed by atoms with E-state index in [4.69, 9.17) is 4.74 Å². The molecule has 0 bridgehead atoms. The lowest BCUT2D eigenvalue weighted by Gasteiger charge is -2.19. The molecule has 37 heavy (non-hydrogen) atoms. The zero-order chi connectivity index (χ0) is 26.4. The molecule has 1 heterocycles. The van der Waals surface area contributed by atoms with Gasteiger partial charge < -0.3 is 4.74 Å². The first-order valence-corrected chi connectivity index (χ1v) is 13.4. The Morgan fingerprint density at radius 2 is 1.76 bits per heavy atom. The predicted octanol–water partition coefficient (Wildman–Crippen LogP) is 6.25. The largest absolute Gasteiger partial charge is 0.497 e. The Kier molecular flexibility index (Phi) is 8.45. The molecule has 0 radical (unpaired) electrons. The minimum atomic E-state index is -0.242. The van der Waals surface area contributed by atoms with E-state index in [9.17, 15) is 4.79 Å². The molecule has 1 aromatic heterocycles. The van der Waals surface area contributed by atoms with Gasteiger partial charge in [0, 0.05) is 21.3 Å². The summed E-state index contributed by atoms with van der Waals surface area (Å²) in [6, 6.07) is 23.7. The molecule has 0 aliphatic rings. The average molecular weight is 579 g/mol. The first-order chi connectivity index (χ1) is 17.8. The van der Waals surface area contributed by atoms with E-state index in [1.54, 1.807) is 13.3 Å². The van der Waals surface area contributed by atoms with Crippen molar-refractivity contribution in [2.24, 2.45) is 5.10 Å². The van der Waals surface area contributed by atoms with E-state index in [0.717, 1.165) is 27.0 Å². The summed E-state index contributed by atoms with van der Waals surface area (Å²) in [6.07, 6.45) is 1.60. The number of hydrogen-bond donors (Lipinski definition) is 1. The van der Waals surface area contributed by atoms with Gasteiger partial charge in [-0.15, -0.1) is 10.2 Å². The second-order valence-electron chi connectivity index (χ2n) is 9.27. The van der Waals surface area contributed by atoms with E-state index in [0.29, 0.717) is 11.0 Å². The molecule has 0 fully saturated rings. The van der Waals surface area contributed by atoms with Crippen molar-refractivity contribution in [1.82, 2.24) is 20.2 Å². The zero-order valence-corrected chi connectivity index (χ0v) is 23.5. The van der Waals surface area contributed by atoms with Gasteiger partial charge in [-0.05, 0) is 41.3 Å². The number of carbonyl (C=O) groups is 1. The SMILES string of the molecule is COc1ccc(-n2c(SCC(=O)NN=Cc3ccccc3Br)nnc2-c2ccc(C(C)(C)C)cc2)cc1. The molecule has 0 aliphatic heterocycles. The average Bonchev–Trinajstić information content (AvgIpc) is 3.32. The lowest BCUT2D eigenvalue weighted by Crippen LogP contribution is -2.20. The molecule has 0 saturated heterocycles. The van der Waals surface area contributed by atoms with Gasteiger partial charge in [0.2, 0.25) is 0 Å². The van der Waals surface area contributed by atoms with Crippen molar-refractivity contribution in [3.63, 3.8) is 0 Å². The highest BCUT2D eigenvalue weighted by Crippen LogP contribution is 2.30. The van der Waals surface area contributed by atoms with E-state index < -0.39 is 0 Å². The number of rotatable bonds is 8. The van der Waals surface area contributed by atoms with Crippen molar-refractivity contribution in [3.05, 3.63) is 88.4 Å². The van der Waals surface area contributed by atoms with Gasteiger partial charge in [-0.25, -0.2) is 5.43 Å². The zero-order valence-electron chi connectivity index (χ0n) is 21.1. The van der Waals surface area contributed by atoms with Crippen molar-refractivity contribution in [2.75, 3.05) is 12.9 Å². The second-order valence-corrected chi connectivity index (χ2v) is 11.1. The van der Waals surface area contributed by atoms with Gasteiger partial charge in [0.05, 0.1) is 19.1 Å². The van der Waals surface area contributed by atoms with Gasteiger partial charge in [-0.2, -0.15) is 5.10 Å². The number of carbonyl (C=O) groups excluding carboxylic acids is 1. The first kappa shape index (κ1) is 26.6. The Balaban J connectivity index is 1.56. The normalized spacial score (nSPS) is 11.6. The van der Waals surface area contributed by atoms with Crippen LogP contribution < -0.4 is 10.2 Å². The molecule has 4 rings (SSSR count). The van der Waals surface area contributed by atoms with Crippen LogP contribution in [-0.2, 0) is 10.2 Å². The van der Waals surface area contributed by atoms with Crippen LogP contribution in [-0.4, -0.2) is 39.7 Å². The summed E-state index contributed by atoms with van der Waals surface area (Å²) in [5, 5.41) is 13.6. The van der Waals surface area contributed by atoms with Gasteiger partial charge in [-0.1, -0.05) is 90.9 Å². The highest BCUT2D eigenvalue weighted by atomic mass is 79.9. The molecule has 0 atom stereocenters. The number of halogens is 1. The van der Waals surface area contributed by atoms with Crippen molar-refractivity contribution in [3.8, 4) is 22.8 Å². The maximum Gasteiger partial charge on any atom is 0.250 e. The standard InChI is InChI=1S/C28H28BrN5O2S/c1-28(2,3)21-11-9-19(10-12-21)26-32-33-27(34(26)22-13-15-23(36-4)16-14-22)37-18-25(35)31-30-17-20-7-5-6-8-24(20)29/h5-17H,18H2,1-4H3,(H,31,35). The van der Waals surface area contributed by atoms with E-state index in [1.165, 1.54) is 17.3 Å². The Hall–Kier alpha value is -3.43. The van der Waals surface area contributed by atoms with Crippen LogP contribution in [0.15, 0.2) is 87.5 Å². The van der Waals surface area contributed by atoms with Gasteiger partial charge >= 0.3 is 0 Å². The smallest absolute Gasteiger partial charge is 0.250 e. The van der Waals surface area contributed by atoms with Crippen LogP contribution in [0.4, 0.5) is 0 Å². The van der Waals surface area contributed by atoms with E-state index in [2.05, 4.69) is 81.7 Å². The Bertz CT molecular complexity index is 1390. The number of thioether (sulfide) groups is 1. The number of amides is 1. The molecule has 4 aromatic rings. The van der Waals surface area contributed by atoms with Crippen molar-refractivity contribution >= 4 is 39.8 Å². The molecule has 9 heteroatoms. The first-order valence-electron chi connectivity index (χ1n) is 11.7. The van der Waals surface area contributed by atoms with Crippen LogP contribution in [0.5, 0.6) is 5.75 Å².